The van der Waals surface area contributed by atoms with Crippen LogP contribution in [-0.2, 0) is 0 Å². The van der Waals surface area contributed by atoms with Gasteiger partial charge in [0.15, 0.2) is 5.82 Å². The van der Waals surface area contributed by atoms with Gasteiger partial charge in [0, 0.05) is 31.5 Å². The Morgan fingerprint density at radius 3 is 3.19 bits per heavy atom. The van der Waals surface area contributed by atoms with E-state index in [4.69, 9.17) is 5.73 Å². The molecule has 0 amide bonds. The maximum atomic E-state index is 11.6. The van der Waals surface area contributed by atoms with Crippen LogP contribution in [0.15, 0.2) is 17.2 Å². The lowest BCUT2D eigenvalue weighted by atomic mass is 9.92. The van der Waals surface area contributed by atoms with Gasteiger partial charge in [-0.2, -0.15) is 0 Å². The van der Waals surface area contributed by atoms with Crippen LogP contribution in [0, 0.1) is 5.92 Å². The zero-order valence-electron chi connectivity index (χ0n) is 9.52. The molecule has 0 spiro atoms. The molecule has 1 aliphatic rings. The van der Waals surface area contributed by atoms with E-state index in [2.05, 4.69) is 9.97 Å². The molecule has 1 saturated heterocycles. The van der Waals surface area contributed by atoms with Crippen LogP contribution in [0.3, 0.4) is 0 Å². The first-order valence-electron chi connectivity index (χ1n) is 5.72. The van der Waals surface area contributed by atoms with Gasteiger partial charge in [-0.3, -0.25) is 4.79 Å². The molecule has 1 aliphatic heterocycles. The SMILES string of the molecule is CC(N)C1CCCN(c2ncc[nH]c2=O)C1. The molecule has 1 fully saturated rings. The van der Waals surface area contributed by atoms with E-state index in [0.717, 1.165) is 25.9 Å². The van der Waals surface area contributed by atoms with Crippen molar-refractivity contribution in [1.82, 2.24) is 9.97 Å². The summed E-state index contributed by atoms with van der Waals surface area (Å²) in [5.41, 5.74) is 5.79. The second-order valence-corrected chi connectivity index (χ2v) is 4.45. The van der Waals surface area contributed by atoms with Crippen LogP contribution in [0.2, 0.25) is 0 Å². The monoisotopic (exact) mass is 222 g/mol. The fourth-order valence-electron chi connectivity index (χ4n) is 2.20. The van der Waals surface area contributed by atoms with Gasteiger partial charge in [-0.1, -0.05) is 0 Å². The molecule has 3 N–H and O–H groups in total. The Labute approximate surface area is 94.7 Å². The van der Waals surface area contributed by atoms with Crippen LogP contribution in [0.5, 0.6) is 0 Å². The minimum absolute atomic E-state index is 0.118. The molecule has 5 nitrogen and oxygen atoms in total. The topological polar surface area (TPSA) is 75.0 Å². The highest BCUT2D eigenvalue weighted by molar-refractivity contribution is 5.35. The molecule has 2 rings (SSSR count). The van der Waals surface area contributed by atoms with Crippen LogP contribution in [0.1, 0.15) is 19.8 Å². The van der Waals surface area contributed by atoms with Crippen molar-refractivity contribution in [2.24, 2.45) is 11.7 Å². The van der Waals surface area contributed by atoms with Gasteiger partial charge in [-0.25, -0.2) is 4.98 Å². The van der Waals surface area contributed by atoms with Gasteiger partial charge < -0.3 is 15.6 Å². The number of hydrogen-bond donors (Lipinski definition) is 2. The third-order valence-electron chi connectivity index (χ3n) is 3.19. The molecule has 0 radical (unpaired) electrons. The minimum atomic E-state index is -0.118. The Morgan fingerprint density at radius 2 is 2.50 bits per heavy atom. The Kier molecular flexibility index (Phi) is 3.24. The largest absolute Gasteiger partial charge is 0.352 e. The van der Waals surface area contributed by atoms with Gasteiger partial charge in [-0.05, 0) is 25.7 Å². The lowest BCUT2D eigenvalue weighted by Crippen LogP contribution is -2.44. The molecule has 2 heterocycles. The summed E-state index contributed by atoms with van der Waals surface area (Å²) in [6, 6.07) is 0.172. The van der Waals surface area contributed by atoms with E-state index in [1.165, 1.54) is 0 Å². The Morgan fingerprint density at radius 1 is 1.69 bits per heavy atom. The molecular weight excluding hydrogens is 204 g/mol. The van der Waals surface area contributed by atoms with E-state index in [1.54, 1.807) is 12.4 Å². The third-order valence-corrected chi connectivity index (χ3v) is 3.19. The number of anilines is 1. The molecular formula is C11H18N4O. The number of nitrogens with two attached hydrogens (primary N) is 1. The number of hydrogen-bond acceptors (Lipinski definition) is 4. The zero-order chi connectivity index (χ0) is 11.5. The number of rotatable bonds is 2. The quantitative estimate of drug-likeness (QED) is 0.756. The van der Waals surface area contributed by atoms with E-state index in [1.807, 2.05) is 11.8 Å². The van der Waals surface area contributed by atoms with Gasteiger partial charge in [0.05, 0.1) is 0 Å². The van der Waals surface area contributed by atoms with Crippen molar-refractivity contribution in [3.05, 3.63) is 22.7 Å². The smallest absolute Gasteiger partial charge is 0.290 e. The first kappa shape index (κ1) is 11.1. The summed E-state index contributed by atoms with van der Waals surface area (Å²) < 4.78 is 0. The highest BCUT2D eigenvalue weighted by Crippen LogP contribution is 2.20. The van der Waals surface area contributed by atoms with Crippen LogP contribution >= 0.6 is 0 Å². The molecule has 2 unspecified atom stereocenters. The number of piperidine rings is 1. The summed E-state index contributed by atoms with van der Waals surface area (Å²) in [5.74, 6) is 0.975. The number of nitrogens with one attached hydrogen (secondary N) is 1. The predicted octanol–water partition coefficient (Wildman–Crippen LogP) is 0.334. The predicted molar refractivity (Wildman–Crippen MR) is 63.4 cm³/mol. The van der Waals surface area contributed by atoms with Gasteiger partial charge in [-0.15, -0.1) is 0 Å². The summed E-state index contributed by atoms with van der Waals surface area (Å²) in [6.45, 7) is 3.75. The Hall–Kier alpha value is -1.36. The average molecular weight is 222 g/mol. The number of H-pyrrole nitrogens is 1. The van der Waals surface area contributed by atoms with Crippen LogP contribution in [-0.4, -0.2) is 29.1 Å². The van der Waals surface area contributed by atoms with Crippen molar-refractivity contribution in [2.45, 2.75) is 25.8 Å². The van der Waals surface area contributed by atoms with Crippen molar-refractivity contribution < 1.29 is 0 Å². The van der Waals surface area contributed by atoms with E-state index < -0.39 is 0 Å². The van der Waals surface area contributed by atoms with Gasteiger partial charge >= 0.3 is 0 Å². The van der Waals surface area contributed by atoms with E-state index >= 15 is 0 Å². The molecule has 5 heteroatoms. The number of nitrogens with zero attached hydrogens (tertiary/aromatic N) is 2. The first-order valence-corrected chi connectivity index (χ1v) is 5.72. The molecule has 16 heavy (non-hydrogen) atoms. The molecule has 0 saturated carbocycles. The highest BCUT2D eigenvalue weighted by atomic mass is 16.1. The second-order valence-electron chi connectivity index (χ2n) is 4.45. The summed E-state index contributed by atoms with van der Waals surface area (Å²) in [7, 11) is 0. The van der Waals surface area contributed by atoms with Crippen molar-refractivity contribution in [2.75, 3.05) is 18.0 Å². The Bertz CT molecular complexity index is 401. The summed E-state index contributed by atoms with van der Waals surface area (Å²) >= 11 is 0. The van der Waals surface area contributed by atoms with E-state index in [0.29, 0.717) is 11.7 Å². The van der Waals surface area contributed by atoms with Crippen LogP contribution < -0.4 is 16.2 Å². The lowest BCUT2D eigenvalue weighted by molar-refractivity contribution is 0.362. The fourth-order valence-corrected chi connectivity index (χ4v) is 2.20. The van der Waals surface area contributed by atoms with Crippen LogP contribution in [0.25, 0.3) is 0 Å². The number of aromatic nitrogens is 2. The molecule has 0 bridgehead atoms. The molecule has 2 atom stereocenters. The highest BCUT2D eigenvalue weighted by Gasteiger charge is 2.24. The maximum absolute atomic E-state index is 11.6. The zero-order valence-corrected chi connectivity index (χ0v) is 9.52. The molecule has 1 aromatic heterocycles. The molecule has 0 aliphatic carbocycles. The summed E-state index contributed by atoms with van der Waals surface area (Å²) in [5, 5.41) is 0. The minimum Gasteiger partial charge on any atom is -0.352 e. The molecule has 1 aromatic rings. The van der Waals surface area contributed by atoms with Crippen molar-refractivity contribution in [3.8, 4) is 0 Å². The standard InChI is InChI=1S/C11H18N4O/c1-8(12)9-3-2-6-15(7-9)10-11(16)14-5-4-13-10/h4-5,8-9H,2-3,6-7,12H2,1H3,(H,14,16). The molecule has 0 aromatic carbocycles. The normalized spacial score (nSPS) is 23.1. The average Bonchev–Trinajstić information content (AvgIpc) is 2.30. The first-order chi connectivity index (χ1) is 7.68. The lowest BCUT2D eigenvalue weighted by Gasteiger charge is -2.34. The second kappa shape index (κ2) is 4.65. The van der Waals surface area contributed by atoms with Crippen molar-refractivity contribution in [3.63, 3.8) is 0 Å². The van der Waals surface area contributed by atoms with E-state index in [9.17, 15) is 4.79 Å². The van der Waals surface area contributed by atoms with Crippen molar-refractivity contribution >= 4 is 5.82 Å². The summed E-state index contributed by atoms with van der Waals surface area (Å²) in [6.07, 6.45) is 5.38. The fraction of sp³-hybridized carbons (Fsp3) is 0.636. The third kappa shape index (κ3) is 2.24. The van der Waals surface area contributed by atoms with Gasteiger partial charge in [0.2, 0.25) is 0 Å². The van der Waals surface area contributed by atoms with Crippen molar-refractivity contribution in [1.29, 1.82) is 0 Å². The van der Waals surface area contributed by atoms with Gasteiger partial charge in [0.1, 0.15) is 0 Å². The Balaban J connectivity index is 2.16. The number of aromatic amines is 1. The van der Waals surface area contributed by atoms with E-state index in [-0.39, 0.29) is 11.6 Å². The maximum Gasteiger partial charge on any atom is 0.290 e. The van der Waals surface area contributed by atoms with Gasteiger partial charge in [0.25, 0.3) is 5.56 Å². The molecule has 88 valence electrons. The van der Waals surface area contributed by atoms with Crippen LogP contribution in [0.4, 0.5) is 5.82 Å². The summed E-state index contributed by atoms with van der Waals surface area (Å²) in [4.78, 5) is 20.4.